The molecule has 2 aromatic carbocycles. The number of halogens is 2. The van der Waals surface area contributed by atoms with Gasteiger partial charge in [-0.05, 0) is 49.6 Å². The van der Waals surface area contributed by atoms with Crippen LogP contribution < -0.4 is 10.5 Å². The minimum atomic E-state index is -0.338. The molecule has 2 rings (SSSR count). The average molecular weight is 294 g/mol. The maximum absolute atomic E-state index is 13.2. The quantitative estimate of drug-likeness (QED) is 0.902. The molecule has 1 unspecified atom stereocenters. The highest BCUT2D eigenvalue weighted by molar-refractivity contribution is 6.32. The van der Waals surface area contributed by atoms with Crippen LogP contribution in [0.1, 0.15) is 18.1 Å². The van der Waals surface area contributed by atoms with E-state index < -0.39 is 0 Å². The molecule has 0 aliphatic carbocycles. The van der Waals surface area contributed by atoms with E-state index in [1.54, 1.807) is 12.1 Å². The van der Waals surface area contributed by atoms with E-state index in [1.807, 2.05) is 26.0 Å². The SMILES string of the molecule is Cc1ccc(F)cc1Oc1ccc(CC(C)N)cc1Cl. The molecule has 0 bridgehead atoms. The Hall–Kier alpha value is -1.58. The van der Waals surface area contributed by atoms with Crippen LogP contribution in [0, 0.1) is 12.7 Å². The third-order valence-corrected chi connectivity index (χ3v) is 3.22. The maximum atomic E-state index is 13.2. The number of ether oxygens (including phenoxy) is 1. The predicted octanol–water partition coefficient (Wildman–Crippen LogP) is 4.47. The van der Waals surface area contributed by atoms with Crippen LogP contribution in [-0.2, 0) is 6.42 Å². The molecule has 2 N–H and O–H groups in total. The van der Waals surface area contributed by atoms with Gasteiger partial charge in [-0.15, -0.1) is 0 Å². The van der Waals surface area contributed by atoms with Crippen LogP contribution in [0.2, 0.25) is 5.02 Å². The zero-order valence-electron chi connectivity index (χ0n) is 11.5. The first kappa shape index (κ1) is 14.8. The summed E-state index contributed by atoms with van der Waals surface area (Å²) in [6, 6.07) is 10.0. The van der Waals surface area contributed by atoms with Gasteiger partial charge in [0.2, 0.25) is 0 Å². The third kappa shape index (κ3) is 3.71. The fraction of sp³-hybridized carbons (Fsp3) is 0.250. The number of nitrogens with two attached hydrogens (primary N) is 1. The Morgan fingerprint density at radius 2 is 1.95 bits per heavy atom. The highest BCUT2D eigenvalue weighted by Crippen LogP contribution is 2.32. The van der Waals surface area contributed by atoms with Crippen molar-refractivity contribution in [2.24, 2.45) is 5.73 Å². The van der Waals surface area contributed by atoms with Crippen molar-refractivity contribution in [2.45, 2.75) is 26.3 Å². The molecular formula is C16H17ClFNO. The van der Waals surface area contributed by atoms with Crippen molar-refractivity contribution in [3.63, 3.8) is 0 Å². The van der Waals surface area contributed by atoms with E-state index in [2.05, 4.69) is 0 Å². The summed E-state index contributed by atoms with van der Waals surface area (Å²) in [6.07, 6.45) is 0.749. The fourth-order valence-electron chi connectivity index (χ4n) is 1.93. The average Bonchev–Trinajstić information content (AvgIpc) is 2.36. The lowest BCUT2D eigenvalue weighted by Crippen LogP contribution is -2.17. The van der Waals surface area contributed by atoms with Crippen LogP contribution in [0.5, 0.6) is 11.5 Å². The van der Waals surface area contributed by atoms with Gasteiger partial charge in [-0.3, -0.25) is 0 Å². The molecule has 4 heteroatoms. The first-order valence-electron chi connectivity index (χ1n) is 6.43. The van der Waals surface area contributed by atoms with E-state index in [1.165, 1.54) is 12.1 Å². The number of hydrogen-bond acceptors (Lipinski definition) is 2. The van der Waals surface area contributed by atoms with Gasteiger partial charge in [-0.2, -0.15) is 0 Å². The van der Waals surface area contributed by atoms with Gasteiger partial charge in [0.25, 0.3) is 0 Å². The van der Waals surface area contributed by atoms with Crippen LogP contribution in [0.25, 0.3) is 0 Å². The molecule has 1 atom stereocenters. The lowest BCUT2D eigenvalue weighted by molar-refractivity contribution is 0.473. The molecule has 0 fully saturated rings. The molecule has 2 aromatic rings. The van der Waals surface area contributed by atoms with Crippen LogP contribution in [-0.4, -0.2) is 6.04 Å². The number of hydrogen-bond donors (Lipinski definition) is 1. The van der Waals surface area contributed by atoms with E-state index in [-0.39, 0.29) is 11.9 Å². The van der Waals surface area contributed by atoms with E-state index in [0.29, 0.717) is 16.5 Å². The molecule has 0 aliphatic rings. The molecule has 0 heterocycles. The Labute approximate surface area is 123 Å². The van der Waals surface area contributed by atoms with Crippen molar-refractivity contribution < 1.29 is 9.13 Å². The summed E-state index contributed by atoms with van der Waals surface area (Å²) in [5.41, 5.74) is 7.66. The largest absolute Gasteiger partial charge is 0.455 e. The number of rotatable bonds is 4. The zero-order valence-corrected chi connectivity index (χ0v) is 12.2. The summed E-state index contributed by atoms with van der Waals surface area (Å²) in [7, 11) is 0. The lowest BCUT2D eigenvalue weighted by atomic mass is 10.1. The van der Waals surface area contributed by atoms with Gasteiger partial charge in [-0.25, -0.2) is 4.39 Å². The van der Waals surface area contributed by atoms with Crippen molar-refractivity contribution in [1.29, 1.82) is 0 Å². The van der Waals surface area contributed by atoms with Gasteiger partial charge in [0.1, 0.15) is 17.3 Å². The molecule has 0 aliphatic heterocycles. The van der Waals surface area contributed by atoms with Crippen LogP contribution in [0.15, 0.2) is 36.4 Å². The van der Waals surface area contributed by atoms with Crippen LogP contribution in [0.3, 0.4) is 0 Å². The van der Waals surface area contributed by atoms with Gasteiger partial charge < -0.3 is 10.5 Å². The Morgan fingerprint density at radius 3 is 2.60 bits per heavy atom. The zero-order chi connectivity index (χ0) is 14.7. The van der Waals surface area contributed by atoms with Gasteiger partial charge in [0.15, 0.2) is 0 Å². The van der Waals surface area contributed by atoms with Crippen LogP contribution in [0.4, 0.5) is 4.39 Å². The van der Waals surface area contributed by atoms with Gasteiger partial charge in [0, 0.05) is 12.1 Å². The minimum absolute atomic E-state index is 0.0725. The summed E-state index contributed by atoms with van der Waals surface area (Å²) < 4.78 is 18.9. The third-order valence-electron chi connectivity index (χ3n) is 2.92. The maximum Gasteiger partial charge on any atom is 0.146 e. The Kier molecular flexibility index (Phi) is 4.63. The molecule has 0 radical (unpaired) electrons. The van der Waals surface area contributed by atoms with Crippen molar-refractivity contribution in [2.75, 3.05) is 0 Å². The van der Waals surface area contributed by atoms with Crippen molar-refractivity contribution in [1.82, 2.24) is 0 Å². The molecule has 0 saturated carbocycles. The molecular weight excluding hydrogens is 277 g/mol. The summed E-state index contributed by atoms with van der Waals surface area (Å²) in [6.45, 7) is 3.79. The summed E-state index contributed by atoms with van der Waals surface area (Å²) in [4.78, 5) is 0. The minimum Gasteiger partial charge on any atom is -0.455 e. The summed E-state index contributed by atoms with van der Waals surface area (Å²) >= 11 is 6.20. The van der Waals surface area contributed by atoms with Crippen molar-refractivity contribution >= 4 is 11.6 Å². The Balaban J connectivity index is 2.23. The van der Waals surface area contributed by atoms with Crippen molar-refractivity contribution in [3.8, 4) is 11.5 Å². The van der Waals surface area contributed by atoms with Gasteiger partial charge in [-0.1, -0.05) is 23.7 Å². The first-order chi connectivity index (χ1) is 9.45. The first-order valence-corrected chi connectivity index (χ1v) is 6.81. The monoisotopic (exact) mass is 293 g/mol. The topological polar surface area (TPSA) is 35.2 Å². The Bertz CT molecular complexity index is 613. The molecule has 0 aromatic heterocycles. The molecule has 2 nitrogen and oxygen atoms in total. The molecule has 0 amide bonds. The lowest BCUT2D eigenvalue weighted by Gasteiger charge is -2.12. The second kappa shape index (κ2) is 6.25. The van der Waals surface area contributed by atoms with Gasteiger partial charge >= 0.3 is 0 Å². The highest BCUT2D eigenvalue weighted by atomic mass is 35.5. The van der Waals surface area contributed by atoms with E-state index in [4.69, 9.17) is 22.1 Å². The molecule has 0 saturated heterocycles. The highest BCUT2D eigenvalue weighted by Gasteiger charge is 2.08. The predicted molar refractivity (Wildman–Crippen MR) is 80.0 cm³/mol. The van der Waals surface area contributed by atoms with E-state index >= 15 is 0 Å². The Morgan fingerprint density at radius 1 is 1.20 bits per heavy atom. The number of aryl methyl sites for hydroxylation is 1. The van der Waals surface area contributed by atoms with E-state index in [9.17, 15) is 4.39 Å². The molecule has 106 valence electrons. The van der Waals surface area contributed by atoms with Crippen molar-refractivity contribution in [3.05, 3.63) is 58.4 Å². The van der Waals surface area contributed by atoms with Crippen LogP contribution >= 0.6 is 11.6 Å². The normalized spacial score (nSPS) is 12.2. The van der Waals surface area contributed by atoms with E-state index in [0.717, 1.165) is 17.5 Å². The number of benzene rings is 2. The summed E-state index contributed by atoms with van der Waals surface area (Å²) in [5.74, 6) is 0.635. The fourth-order valence-corrected chi connectivity index (χ4v) is 2.17. The summed E-state index contributed by atoms with van der Waals surface area (Å²) in [5, 5.41) is 0.492. The standard InChI is InChI=1S/C16H17ClFNO/c1-10-3-5-13(18)9-16(10)20-15-6-4-12(7-11(2)19)8-14(15)17/h3-6,8-9,11H,7,19H2,1-2H3. The van der Waals surface area contributed by atoms with Gasteiger partial charge in [0.05, 0.1) is 5.02 Å². The molecule has 20 heavy (non-hydrogen) atoms. The molecule has 0 spiro atoms. The second-order valence-corrected chi connectivity index (χ2v) is 5.37. The second-order valence-electron chi connectivity index (χ2n) is 4.96. The smallest absolute Gasteiger partial charge is 0.146 e.